The van der Waals surface area contributed by atoms with Crippen LogP contribution >= 0.6 is 34.5 Å². The van der Waals surface area contributed by atoms with Gasteiger partial charge in [0.1, 0.15) is 16.6 Å². The van der Waals surface area contributed by atoms with Crippen molar-refractivity contribution in [2.45, 2.75) is 32.2 Å². The number of rotatable bonds is 5. The Kier molecular flexibility index (Phi) is 5.94. The summed E-state index contributed by atoms with van der Waals surface area (Å²) < 4.78 is 4.09. The van der Waals surface area contributed by atoms with Gasteiger partial charge >= 0.3 is 0 Å². The molecule has 2 aromatic rings. The average molecular weight is 395 g/mol. The first-order valence-corrected chi connectivity index (χ1v) is 10.3. The highest BCUT2D eigenvalue weighted by Crippen LogP contribution is 2.33. The smallest absolute Gasteiger partial charge is 0.264 e. The van der Waals surface area contributed by atoms with Crippen LogP contribution < -0.4 is 4.90 Å². The van der Waals surface area contributed by atoms with E-state index in [2.05, 4.69) is 22.3 Å². The molecule has 25 heavy (non-hydrogen) atoms. The number of nitriles is 1. The third-order valence-corrected chi connectivity index (χ3v) is 6.53. The standard InChI is InChI=1S/C17H19ClN4OS2/c1-2-7-22(16(23)14-4-3-10-24-14)12-5-8-21(9-6-12)17-13(11-19)15(18)20-25-17/h3-4,10,12H,2,5-9H2,1H3. The number of thiophene rings is 1. The van der Waals surface area contributed by atoms with Gasteiger partial charge in [-0.2, -0.15) is 9.64 Å². The van der Waals surface area contributed by atoms with Crippen molar-refractivity contribution >= 4 is 45.4 Å². The van der Waals surface area contributed by atoms with Gasteiger partial charge in [0.25, 0.3) is 5.91 Å². The van der Waals surface area contributed by atoms with E-state index in [1.807, 2.05) is 22.4 Å². The van der Waals surface area contributed by atoms with Gasteiger partial charge in [-0.3, -0.25) is 4.79 Å². The number of aromatic nitrogens is 1. The molecule has 1 fully saturated rings. The van der Waals surface area contributed by atoms with Crippen molar-refractivity contribution in [3.8, 4) is 6.07 Å². The van der Waals surface area contributed by atoms with Gasteiger partial charge in [-0.05, 0) is 42.2 Å². The minimum atomic E-state index is 0.133. The number of hydrogen-bond donors (Lipinski definition) is 0. The molecule has 1 saturated heterocycles. The Balaban J connectivity index is 1.69. The van der Waals surface area contributed by atoms with Gasteiger partial charge < -0.3 is 9.80 Å². The number of hydrogen-bond acceptors (Lipinski definition) is 6. The Morgan fingerprint density at radius 2 is 2.28 bits per heavy atom. The van der Waals surface area contributed by atoms with Crippen molar-refractivity contribution < 1.29 is 4.79 Å². The minimum absolute atomic E-state index is 0.133. The van der Waals surface area contributed by atoms with Crippen LogP contribution in [0.4, 0.5) is 5.00 Å². The molecule has 2 aromatic heterocycles. The molecule has 1 aliphatic rings. The van der Waals surface area contributed by atoms with Crippen molar-refractivity contribution in [2.75, 3.05) is 24.5 Å². The summed E-state index contributed by atoms with van der Waals surface area (Å²) in [5.41, 5.74) is 0.463. The number of carbonyl (C=O) groups is 1. The first-order valence-electron chi connectivity index (χ1n) is 8.30. The maximum atomic E-state index is 12.8. The van der Waals surface area contributed by atoms with Crippen molar-refractivity contribution in [2.24, 2.45) is 0 Å². The van der Waals surface area contributed by atoms with E-state index in [1.54, 1.807) is 0 Å². The first-order chi connectivity index (χ1) is 12.2. The molecule has 3 rings (SSSR count). The first kappa shape index (κ1) is 18.2. The lowest BCUT2D eigenvalue weighted by Gasteiger charge is -2.38. The van der Waals surface area contributed by atoms with Crippen LogP contribution in [0, 0.1) is 11.3 Å². The van der Waals surface area contributed by atoms with Gasteiger partial charge in [-0.1, -0.05) is 24.6 Å². The fraction of sp³-hybridized carbons (Fsp3) is 0.471. The van der Waals surface area contributed by atoms with E-state index in [9.17, 15) is 10.1 Å². The topological polar surface area (TPSA) is 60.2 Å². The largest absolute Gasteiger partial charge is 0.361 e. The number of piperidine rings is 1. The van der Waals surface area contributed by atoms with Crippen LogP contribution in [0.3, 0.4) is 0 Å². The molecule has 0 radical (unpaired) electrons. The van der Waals surface area contributed by atoms with E-state index in [4.69, 9.17) is 11.6 Å². The predicted molar refractivity (Wildman–Crippen MR) is 103 cm³/mol. The molecule has 1 aliphatic heterocycles. The zero-order chi connectivity index (χ0) is 17.8. The molecular formula is C17H19ClN4OS2. The number of anilines is 1. The molecule has 8 heteroatoms. The molecule has 0 aromatic carbocycles. The fourth-order valence-corrected chi connectivity index (χ4v) is 4.95. The monoisotopic (exact) mass is 394 g/mol. The lowest BCUT2D eigenvalue weighted by molar-refractivity contribution is 0.0655. The summed E-state index contributed by atoms with van der Waals surface area (Å²) in [4.78, 5) is 17.8. The van der Waals surface area contributed by atoms with Gasteiger partial charge in [0.15, 0.2) is 5.15 Å². The van der Waals surface area contributed by atoms with E-state index in [1.165, 1.54) is 22.9 Å². The molecule has 5 nitrogen and oxygen atoms in total. The molecule has 0 spiro atoms. The zero-order valence-corrected chi connectivity index (χ0v) is 16.3. The highest BCUT2D eigenvalue weighted by atomic mass is 35.5. The van der Waals surface area contributed by atoms with Gasteiger partial charge in [0.05, 0.1) is 4.88 Å². The zero-order valence-electron chi connectivity index (χ0n) is 13.9. The minimum Gasteiger partial charge on any atom is -0.361 e. The van der Waals surface area contributed by atoms with Gasteiger partial charge in [-0.15, -0.1) is 11.3 Å². The number of nitrogens with zero attached hydrogens (tertiary/aromatic N) is 4. The van der Waals surface area contributed by atoms with E-state index in [0.29, 0.717) is 5.56 Å². The van der Waals surface area contributed by atoms with Crippen LogP contribution in [0.25, 0.3) is 0 Å². The second kappa shape index (κ2) is 8.17. The summed E-state index contributed by atoms with van der Waals surface area (Å²) in [7, 11) is 0. The lowest BCUT2D eigenvalue weighted by atomic mass is 10.0. The van der Waals surface area contributed by atoms with Crippen LogP contribution in [0.1, 0.15) is 41.4 Å². The van der Waals surface area contributed by atoms with Gasteiger partial charge in [-0.25, -0.2) is 0 Å². The van der Waals surface area contributed by atoms with Crippen LogP contribution in [0.5, 0.6) is 0 Å². The van der Waals surface area contributed by atoms with Crippen molar-refractivity contribution in [3.63, 3.8) is 0 Å². The Labute approximate surface area is 160 Å². The summed E-state index contributed by atoms with van der Waals surface area (Å²) >= 11 is 8.75. The number of carbonyl (C=O) groups excluding carboxylic acids is 1. The SMILES string of the molecule is CCCN(C(=O)c1cccs1)C1CCN(c2snc(Cl)c2C#N)CC1. The summed E-state index contributed by atoms with van der Waals surface area (Å²) in [6, 6.07) is 6.19. The van der Waals surface area contributed by atoms with E-state index in [-0.39, 0.29) is 17.1 Å². The third-order valence-electron chi connectivity index (χ3n) is 4.39. The Morgan fingerprint density at radius 3 is 2.88 bits per heavy atom. The van der Waals surface area contributed by atoms with Crippen molar-refractivity contribution in [1.82, 2.24) is 9.27 Å². The summed E-state index contributed by atoms with van der Waals surface area (Å²) in [5.74, 6) is 0.133. The van der Waals surface area contributed by atoms with Crippen LogP contribution in [-0.4, -0.2) is 40.9 Å². The highest BCUT2D eigenvalue weighted by molar-refractivity contribution is 7.12. The average Bonchev–Trinajstić information content (AvgIpc) is 3.29. The lowest BCUT2D eigenvalue weighted by Crippen LogP contribution is -2.47. The van der Waals surface area contributed by atoms with Crippen molar-refractivity contribution in [3.05, 3.63) is 33.1 Å². The molecular weight excluding hydrogens is 376 g/mol. The van der Waals surface area contributed by atoms with Crippen LogP contribution in [0.15, 0.2) is 17.5 Å². The molecule has 132 valence electrons. The Morgan fingerprint density at radius 1 is 1.52 bits per heavy atom. The predicted octanol–water partition coefficient (Wildman–Crippen LogP) is 4.25. The number of amides is 1. The Hall–Kier alpha value is -1.62. The molecule has 0 aliphatic carbocycles. The molecule has 0 N–H and O–H groups in total. The van der Waals surface area contributed by atoms with E-state index in [0.717, 1.165) is 48.8 Å². The van der Waals surface area contributed by atoms with E-state index < -0.39 is 0 Å². The van der Waals surface area contributed by atoms with Gasteiger partial charge in [0.2, 0.25) is 0 Å². The third kappa shape index (κ3) is 3.81. The van der Waals surface area contributed by atoms with Crippen LogP contribution in [-0.2, 0) is 0 Å². The van der Waals surface area contributed by atoms with Crippen molar-refractivity contribution in [1.29, 1.82) is 5.26 Å². The quantitative estimate of drug-likeness (QED) is 0.760. The molecule has 0 bridgehead atoms. The summed E-state index contributed by atoms with van der Waals surface area (Å²) in [5, 5.41) is 12.3. The van der Waals surface area contributed by atoms with Crippen LogP contribution in [0.2, 0.25) is 5.15 Å². The van der Waals surface area contributed by atoms with E-state index >= 15 is 0 Å². The Bertz CT molecular complexity index is 760. The second-order valence-electron chi connectivity index (χ2n) is 5.96. The number of halogens is 1. The molecule has 3 heterocycles. The maximum absolute atomic E-state index is 12.8. The summed E-state index contributed by atoms with van der Waals surface area (Å²) in [6.07, 6.45) is 2.72. The molecule has 1 amide bonds. The fourth-order valence-electron chi connectivity index (χ4n) is 3.19. The van der Waals surface area contributed by atoms with Gasteiger partial charge in [0, 0.05) is 25.7 Å². The maximum Gasteiger partial charge on any atom is 0.264 e. The molecule has 0 unspecified atom stereocenters. The highest BCUT2D eigenvalue weighted by Gasteiger charge is 2.30. The molecule has 0 atom stereocenters. The summed E-state index contributed by atoms with van der Waals surface area (Å²) in [6.45, 7) is 4.48. The normalized spacial score (nSPS) is 15.2. The molecule has 0 saturated carbocycles. The second-order valence-corrected chi connectivity index (χ2v) is 8.02.